The monoisotopic (exact) mass is 446 g/mol. The van der Waals surface area contributed by atoms with E-state index in [0.717, 1.165) is 34.4 Å². The highest BCUT2D eigenvalue weighted by molar-refractivity contribution is 5.94. The molecule has 0 aromatic heterocycles. The van der Waals surface area contributed by atoms with Crippen molar-refractivity contribution in [2.45, 2.75) is 26.9 Å². The number of hydrogen-bond acceptors (Lipinski definition) is 4. The van der Waals surface area contributed by atoms with Crippen LogP contribution in [0, 0.1) is 6.92 Å². The molecule has 0 fully saturated rings. The van der Waals surface area contributed by atoms with Gasteiger partial charge in [0.05, 0.1) is 7.11 Å². The molecule has 0 saturated carbocycles. The number of anilines is 1. The van der Waals surface area contributed by atoms with E-state index in [4.69, 9.17) is 9.47 Å². The smallest absolute Gasteiger partial charge is 0.410 e. The minimum atomic E-state index is -0.505. The number of nitrogens with one attached hydrogen (secondary N) is 1. The van der Waals surface area contributed by atoms with E-state index in [1.54, 1.807) is 7.11 Å². The van der Waals surface area contributed by atoms with Gasteiger partial charge in [0.2, 0.25) is 5.91 Å². The predicted molar refractivity (Wildman–Crippen MR) is 130 cm³/mol. The topological polar surface area (TPSA) is 67.9 Å². The molecule has 0 aliphatic carbocycles. The fraction of sp³-hybridized carbons (Fsp3) is 0.259. The minimum Gasteiger partial charge on any atom is -0.496 e. The highest BCUT2D eigenvalue weighted by atomic mass is 16.6. The number of carbonyl (C=O) groups excluding carboxylic acids is 2. The lowest BCUT2D eigenvalue weighted by Crippen LogP contribution is -2.38. The molecule has 0 unspecified atom stereocenters. The molecule has 6 nitrogen and oxygen atoms in total. The summed E-state index contributed by atoms with van der Waals surface area (Å²) in [4.78, 5) is 26.7. The van der Waals surface area contributed by atoms with E-state index in [1.807, 2.05) is 86.6 Å². The van der Waals surface area contributed by atoms with Gasteiger partial charge in [-0.1, -0.05) is 67.6 Å². The summed E-state index contributed by atoms with van der Waals surface area (Å²) in [5, 5.41) is 2.89. The average Bonchev–Trinajstić information content (AvgIpc) is 2.83. The molecule has 3 rings (SSSR count). The molecule has 0 spiro atoms. The molecule has 0 atom stereocenters. The normalized spacial score (nSPS) is 10.4. The number of benzene rings is 3. The van der Waals surface area contributed by atoms with Crippen LogP contribution in [0.4, 0.5) is 10.5 Å². The van der Waals surface area contributed by atoms with Crippen molar-refractivity contribution in [3.05, 3.63) is 83.9 Å². The summed E-state index contributed by atoms with van der Waals surface area (Å²) in [5.41, 5.74) is 4.46. The Labute approximate surface area is 195 Å². The molecular formula is C27H30N2O4. The van der Waals surface area contributed by atoms with Crippen molar-refractivity contribution < 1.29 is 19.1 Å². The van der Waals surface area contributed by atoms with Gasteiger partial charge in [-0.15, -0.1) is 0 Å². The van der Waals surface area contributed by atoms with E-state index >= 15 is 0 Å². The van der Waals surface area contributed by atoms with Gasteiger partial charge >= 0.3 is 6.09 Å². The molecule has 1 N–H and O–H groups in total. The number of aryl methyl sites for hydroxylation is 1. The maximum atomic E-state index is 12.7. The van der Waals surface area contributed by atoms with Gasteiger partial charge in [0.25, 0.3) is 0 Å². The molecule has 0 radical (unpaired) electrons. The predicted octanol–water partition coefficient (Wildman–Crippen LogP) is 5.66. The first-order chi connectivity index (χ1) is 16.0. The summed E-state index contributed by atoms with van der Waals surface area (Å²) in [6.07, 6.45) is 0.213. The molecular weight excluding hydrogens is 416 g/mol. The maximum absolute atomic E-state index is 12.7. The third-order valence-corrected chi connectivity index (χ3v) is 5.16. The van der Waals surface area contributed by atoms with Crippen LogP contribution in [0.3, 0.4) is 0 Å². The minimum absolute atomic E-state index is 0.0839. The van der Waals surface area contributed by atoms with E-state index < -0.39 is 6.09 Å². The molecule has 0 aliphatic heterocycles. The van der Waals surface area contributed by atoms with E-state index in [0.29, 0.717) is 12.2 Å². The van der Waals surface area contributed by atoms with Gasteiger partial charge in [-0.25, -0.2) is 4.79 Å². The van der Waals surface area contributed by atoms with Crippen molar-refractivity contribution in [1.29, 1.82) is 0 Å². The third-order valence-electron chi connectivity index (χ3n) is 5.16. The van der Waals surface area contributed by atoms with Gasteiger partial charge in [-0.05, 0) is 42.2 Å². The average molecular weight is 447 g/mol. The fourth-order valence-corrected chi connectivity index (χ4v) is 3.60. The summed E-state index contributed by atoms with van der Waals surface area (Å²) >= 11 is 0. The third kappa shape index (κ3) is 6.59. The van der Waals surface area contributed by atoms with Crippen molar-refractivity contribution in [3.8, 4) is 16.9 Å². The van der Waals surface area contributed by atoms with Gasteiger partial charge in [-0.3, -0.25) is 9.69 Å². The fourth-order valence-electron chi connectivity index (χ4n) is 3.60. The van der Waals surface area contributed by atoms with Crippen LogP contribution in [0.25, 0.3) is 11.1 Å². The zero-order valence-corrected chi connectivity index (χ0v) is 19.3. The first-order valence-electron chi connectivity index (χ1n) is 11.0. The molecule has 33 heavy (non-hydrogen) atoms. The maximum Gasteiger partial charge on any atom is 0.410 e. The molecule has 0 aliphatic rings. The molecule has 2 amide bonds. The lowest BCUT2D eigenvalue weighted by Gasteiger charge is -2.21. The first-order valence-corrected chi connectivity index (χ1v) is 11.0. The second-order valence-electron chi connectivity index (χ2n) is 7.75. The van der Waals surface area contributed by atoms with Gasteiger partial charge in [0.1, 0.15) is 18.9 Å². The molecule has 6 heteroatoms. The van der Waals surface area contributed by atoms with Gasteiger partial charge in [0.15, 0.2) is 0 Å². The first kappa shape index (κ1) is 23.9. The second kappa shape index (κ2) is 11.7. The number of methoxy groups -OCH3 is 1. The van der Waals surface area contributed by atoms with Crippen molar-refractivity contribution in [2.24, 2.45) is 0 Å². The Morgan fingerprint density at radius 1 is 0.970 bits per heavy atom. The van der Waals surface area contributed by atoms with Crippen LogP contribution in [-0.4, -0.2) is 37.1 Å². The van der Waals surface area contributed by atoms with E-state index in [1.165, 1.54) is 4.90 Å². The zero-order valence-electron chi connectivity index (χ0n) is 19.3. The summed E-state index contributed by atoms with van der Waals surface area (Å²) in [6, 6.07) is 23.0. The van der Waals surface area contributed by atoms with Crippen molar-refractivity contribution in [1.82, 2.24) is 4.90 Å². The molecule has 0 bridgehead atoms. The Hall–Kier alpha value is -3.80. The number of hydrogen-bond donors (Lipinski definition) is 1. The number of para-hydroxylation sites is 1. The summed E-state index contributed by atoms with van der Waals surface area (Å²) < 4.78 is 11.0. The highest BCUT2D eigenvalue weighted by Crippen LogP contribution is 2.33. The Bertz CT molecular complexity index is 1080. The lowest BCUT2D eigenvalue weighted by atomic mass is 10.0. The summed E-state index contributed by atoms with van der Waals surface area (Å²) in [7, 11) is 1.65. The number of ether oxygens (including phenoxy) is 2. The highest BCUT2D eigenvalue weighted by Gasteiger charge is 2.18. The van der Waals surface area contributed by atoms with E-state index in [-0.39, 0.29) is 19.1 Å². The SMILES string of the molecule is CCCN(CC(=O)Nc1cccc(-c2cccc(C)c2OC)c1)C(=O)OCc1ccccc1. The van der Waals surface area contributed by atoms with Gasteiger partial charge < -0.3 is 14.8 Å². The second-order valence-corrected chi connectivity index (χ2v) is 7.75. The molecule has 3 aromatic carbocycles. The summed E-state index contributed by atoms with van der Waals surface area (Å²) in [6.45, 7) is 4.46. The quantitative estimate of drug-likeness (QED) is 0.461. The van der Waals surface area contributed by atoms with E-state index in [2.05, 4.69) is 5.32 Å². The van der Waals surface area contributed by atoms with Crippen LogP contribution in [0.15, 0.2) is 72.8 Å². The number of amides is 2. The van der Waals surface area contributed by atoms with Crippen molar-refractivity contribution in [2.75, 3.05) is 25.5 Å². The molecule has 172 valence electrons. The van der Waals surface area contributed by atoms with Crippen LogP contribution in [0.1, 0.15) is 24.5 Å². The van der Waals surface area contributed by atoms with Gasteiger partial charge in [0, 0.05) is 17.8 Å². The van der Waals surface area contributed by atoms with Crippen LogP contribution >= 0.6 is 0 Å². The molecule has 0 saturated heterocycles. The number of carbonyl (C=O) groups is 2. The van der Waals surface area contributed by atoms with Crippen LogP contribution in [0.2, 0.25) is 0 Å². The Morgan fingerprint density at radius 2 is 1.73 bits per heavy atom. The Morgan fingerprint density at radius 3 is 2.45 bits per heavy atom. The van der Waals surface area contributed by atoms with E-state index in [9.17, 15) is 9.59 Å². The lowest BCUT2D eigenvalue weighted by molar-refractivity contribution is -0.117. The van der Waals surface area contributed by atoms with Crippen molar-refractivity contribution in [3.63, 3.8) is 0 Å². The van der Waals surface area contributed by atoms with Crippen LogP contribution in [0.5, 0.6) is 5.75 Å². The van der Waals surface area contributed by atoms with Gasteiger partial charge in [-0.2, -0.15) is 0 Å². The van der Waals surface area contributed by atoms with Crippen LogP contribution in [-0.2, 0) is 16.1 Å². The largest absolute Gasteiger partial charge is 0.496 e. The zero-order chi connectivity index (χ0) is 23.6. The van der Waals surface area contributed by atoms with Crippen LogP contribution < -0.4 is 10.1 Å². The molecule has 3 aromatic rings. The molecule has 0 heterocycles. The Kier molecular flexibility index (Phi) is 8.47. The number of rotatable bonds is 9. The van der Waals surface area contributed by atoms with Crippen molar-refractivity contribution >= 4 is 17.7 Å². The number of nitrogens with zero attached hydrogens (tertiary/aromatic N) is 1. The Balaban J connectivity index is 1.65. The standard InChI is InChI=1S/C27H30N2O4/c1-4-16-29(27(31)33-19-21-11-6-5-7-12-21)18-25(30)28-23-14-9-13-22(17-23)24-15-8-10-20(2)26(24)32-3/h5-15,17H,4,16,18-19H2,1-3H3,(H,28,30). The summed E-state index contributed by atoms with van der Waals surface area (Å²) in [5.74, 6) is 0.518.